The van der Waals surface area contributed by atoms with E-state index in [9.17, 15) is 0 Å². The molecule has 6 unspecified atom stereocenters. The molecule has 6 atom stereocenters. The van der Waals surface area contributed by atoms with Crippen molar-refractivity contribution in [3.63, 3.8) is 0 Å². The summed E-state index contributed by atoms with van der Waals surface area (Å²) in [5.41, 5.74) is 3.32. The summed E-state index contributed by atoms with van der Waals surface area (Å²) in [5.74, 6) is 9.65. The summed E-state index contributed by atoms with van der Waals surface area (Å²) in [6.45, 7) is 0.908. The first-order valence-electron chi connectivity index (χ1n) is 8.13. The van der Waals surface area contributed by atoms with Gasteiger partial charge < -0.3 is 9.47 Å². The number of nitrogens with two attached hydrogens (primary N) is 1. The summed E-state index contributed by atoms with van der Waals surface area (Å²) < 4.78 is 12.2. The SMILES string of the molecule is NNC(C1CCOC2(CCSC2)C1)C1CC2CCC1O2. The molecule has 0 amide bonds. The number of hydrogen-bond donors (Lipinski definition) is 2. The number of hydrogen-bond acceptors (Lipinski definition) is 5. The second-order valence-electron chi connectivity index (χ2n) is 7.05. The number of nitrogens with one attached hydrogen (secondary N) is 1. The minimum atomic E-state index is 0.154. The maximum atomic E-state index is 6.16. The highest BCUT2D eigenvalue weighted by Gasteiger charge is 2.49. The van der Waals surface area contributed by atoms with E-state index in [4.69, 9.17) is 15.3 Å². The van der Waals surface area contributed by atoms with Crippen LogP contribution in [0.1, 0.15) is 38.5 Å². The van der Waals surface area contributed by atoms with Crippen LogP contribution in [0.15, 0.2) is 0 Å². The predicted molar refractivity (Wildman–Crippen MR) is 80.5 cm³/mol. The molecule has 0 aromatic heterocycles. The summed E-state index contributed by atoms with van der Waals surface area (Å²) in [6, 6.07) is 0.414. The number of fused-ring (bicyclic) bond motifs is 2. The second kappa shape index (κ2) is 5.43. The fraction of sp³-hybridized carbons (Fsp3) is 1.00. The Morgan fingerprint density at radius 2 is 2.25 bits per heavy atom. The Balaban J connectivity index is 1.47. The van der Waals surface area contributed by atoms with E-state index in [1.54, 1.807) is 0 Å². The van der Waals surface area contributed by atoms with Gasteiger partial charge in [0.05, 0.1) is 17.8 Å². The smallest absolute Gasteiger partial charge is 0.0783 e. The molecule has 114 valence electrons. The lowest BCUT2D eigenvalue weighted by Gasteiger charge is -2.43. The average molecular weight is 298 g/mol. The van der Waals surface area contributed by atoms with Gasteiger partial charge in [-0.15, -0.1) is 0 Å². The molecule has 4 heterocycles. The van der Waals surface area contributed by atoms with Crippen LogP contribution in [0.3, 0.4) is 0 Å². The zero-order valence-electron chi connectivity index (χ0n) is 12.1. The second-order valence-corrected chi connectivity index (χ2v) is 8.16. The van der Waals surface area contributed by atoms with Gasteiger partial charge in [-0.05, 0) is 50.2 Å². The van der Waals surface area contributed by atoms with Gasteiger partial charge in [-0.25, -0.2) is 0 Å². The van der Waals surface area contributed by atoms with Gasteiger partial charge in [-0.2, -0.15) is 11.8 Å². The number of thioether (sulfide) groups is 1. The minimum Gasteiger partial charge on any atom is -0.375 e. The fourth-order valence-electron chi connectivity index (χ4n) is 4.90. The first kappa shape index (κ1) is 13.8. The van der Waals surface area contributed by atoms with Crippen LogP contribution >= 0.6 is 11.8 Å². The monoisotopic (exact) mass is 298 g/mol. The molecule has 4 saturated heterocycles. The Labute approximate surface area is 125 Å². The van der Waals surface area contributed by atoms with Gasteiger partial charge in [-0.3, -0.25) is 11.3 Å². The van der Waals surface area contributed by atoms with Crippen LogP contribution in [-0.4, -0.2) is 42.0 Å². The van der Waals surface area contributed by atoms with Crippen molar-refractivity contribution in [2.75, 3.05) is 18.1 Å². The Hall–Kier alpha value is 0.190. The third-order valence-corrected chi connectivity index (χ3v) is 7.14. The largest absolute Gasteiger partial charge is 0.375 e. The van der Waals surface area contributed by atoms with Crippen molar-refractivity contribution in [3.8, 4) is 0 Å². The van der Waals surface area contributed by atoms with Crippen LogP contribution in [0.25, 0.3) is 0 Å². The molecule has 0 aromatic rings. The van der Waals surface area contributed by atoms with Gasteiger partial charge in [-0.1, -0.05) is 0 Å². The van der Waals surface area contributed by atoms with E-state index >= 15 is 0 Å². The molecular weight excluding hydrogens is 272 g/mol. The van der Waals surface area contributed by atoms with Crippen molar-refractivity contribution in [1.82, 2.24) is 5.43 Å². The highest BCUT2D eigenvalue weighted by atomic mass is 32.2. The van der Waals surface area contributed by atoms with Crippen molar-refractivity contribution in [1.29, 1.82) is 0 Å². The van der Waals surface area contributed by atoms with E-state index in [1.807, 2.05) is 11.8 Å². The Morgan fingerprint density at radius 1 is 1.30 bits per heavy atom. The van der Waals surface area contributed by atoms with Crippen LogP contribution < -0.4 is 11.3 Å². The van der Waals surface area contributed by atoms with Gasteiger partial charge in [0.1, 0.15) is 0 Å². The predicted octanol–water partition coefficient (Wildman–Crippen LogP) is 1.69. The molecule has 3 N–H and O–H groups in total. The van der Waals surface area contributed by atoms with Crippen LogP contribution in [-0.2, 0) is 9.47 Å². The summed E-state index contributed by atoms with van der Waals surface area (Å²) in [7, 11) is 0. The van der Waals surface area contributed by atoms with Gasteiger partial charge in [0.15, 0.2) is 0 Å². The third kappa shape index (κ3) is 2.31. The number of ether oxygens (including phenoxy) is 2. The van der Waals surface area contributed by atoms with E-state index < -0.39 is 0 Å². The van der Waals surface area contributed by atoms with E-state index in [2.05, 4.69) is 5.43 Å². The quantitative estimate of drug-likeness (QED) is 0.613. The normalized spacial score (nSPS) is 49.0. The van der Waals surface area contributed by atoms with Crippen LogP contribution in [0.2, 0.25) is 0 Å². The topological polar surface area (TPSA) is 56.5 Å². The molecule has 4 rings (SSSR count). The lowest BCUT2D eigenvalue weighted by molar-refractivity contribution is -0.0901. The van der Waals surface area contributed by atoms with E-state index in [0.717, 1.165) is 13.0 Å². The molecule has 0 aromatic carbocycles. The molecule has 0 saturated carbocycles. The summed E-state index contributed by atoms with van der Waals surface area (Å²) in [5, 5.41) is 0. The molecular formula is C15H26N2O2S. The molecule has 0 radical (unpaired) electrons. The summed E-state index contributed by atoms with van der Waals surface area (Å²) in [4.78, 5) is 0. The minimum absolute atomic E-state index is 0.154. The van der Waals surface area contributed by atoms with Gasteiger partial charge in [0, 0.05) is 24.3 Å². The summed E-state index contributed by atoms with van der Waals surface area (Å²) in [6.07, 6.45) is 8.22. The zero-order valence-corrected chi connectivity index (χ0v) is 12.9. The third-order valence-electron chi connectivity index (χ3n) is 5.91. The molecule has 5 heteroatoms. The van der Waals surface area contributed by atoms with E-state index in [-0.39, 0.29) is 5.60 Å². The molecule has 2 bridgehead atoms. The van der Waals surface area contributed by atoms with Crippen molar-refractivity contribution < 1.29 is 9.47 Å². The lowest BCUT2D eigenvalue weighted by Crippen LogP contribution is -2.53. The molecule has 0 aliphatic carbocycles. The van der Waals surface area contributed by atoms with Gasteiger partial charge in [0.2, 0.25) is 0 Å². The van der Waals surface area contributed by atoms with Crippen molar-refractivity contribution in [2.24, 2.45) is 17.7 Å². The van der Waals surface area contributed by atoms with E-state index in [0.29, 0.717) is 30.1 Å². The van der Waals surface area contributed by atoms with Gasteiger partial charge in [0.25, 0.3) is 0 Å². The lowest BCUT2D eigenvalue weighted by atomic mass is 9.73. The highest BCUT2D eigenvalue weighted by Crippen LogP contribution is 2.46. The van der Waals surface area contributed by atoms with Crippen LogP contribution in [0.4, 0.5) is 0 Å². The maximum absolute atomic E-state index is 6.16. The molecule has 4 nitrogen and oxygen atoms in total. The number of rotatable bonds is 3. The molecule has 4 aliphatic heterocycles. The van der Waals surface area contributed by atoms with Crippen LogP contribution in [0.5, 0.6) is 0 Å². The van der Waals surface area contributed by atoms with Crippen LogP contribution in [0, 0.1) is 11.8 Å². The van der Waals surface area contributed by atoms with Crippen molar-refractivity contribution >= 4 is 11.8 Å². The first-order chi connectivity index (χ1) is 9.80. The molecule has 4 fully saturated rings. The fourth-order valence-corrected chi connectivity index (χ4v) is 6.28. The highest BCUT2D eigenvalue weighted by molar-refractivity contribution is 7.99. The van der Waals surface area contributed by atoms with E-state index in [1.165, 1.54) is 43.6 Å². The molecule has 20 heavy (non-hydrogen) atoms. The Bertz CT molecular complexity index is 362. The molecule has 1 spiro atoms. The molecule has 4 aliphatic rings. The van der Waals surface area contributed by atoms with Crippen molar-refractivity contribution in [2.45, 2.75) is 62.4 Å². The Kier molecular flexibility index (Phi) is 3.75. The maximum Gasteiger partial charge on any atom is 0.0783 e. The summed E-state index contributed by atoms with van der Waals surface area (Å²) >= 11 is 2.04. The first-order valence-corrected chi connectivity index (χ1v) is 9.28. The standard InChI is InChI=1S/C15H26N2O2S/c16-17-14(12-7-11-1-2-13(12)19-11)10-3-5-18-15(8-10)4-6-20-9-15/h10-14,17H,1-9,16H2. The number of hydrazine groups is 1. The average Bonchev–Trinajstić information content (AvgIpc) is 3.17. The Morgan fingerprint density at radius 3 is 2.90 bits per heavy atom. The van der Waals surface area contributed by atoms with Gasteiger partial charge >= 0.3 is 0 Å². The van der Waals surface area contributed by atoms with Crippen molar-refractivity contribution in [3.05, 3.63) is 0 Å². The zero-order chi connectivity index (χ0) is 13.6.